The lowest BCUT2D eigenvalue weighted by Crippen LogP contribution is -2.13. The molecule has 5 N–H and O–H groups in total. The summed E-state index contributed by atoms with van der Waals surface area (Å²) in [6.07, 6.45) is -0.151. The first-order valence-electron chi connectivity index (χ1n) is 12.7. The third kappa shape index (κ3) is 5.80. The molecule has 0 unspecified atom stereocenters. The largest absolute Gasteiger partial charge is 0.508 e. The molecule has 0 radical (unpaired) electrons. The van der Waals surface area contributed by atoms with Crippen molar-refractivity contribution in [3.63, 3.8) is 0 Å². The molecule has 0 spiro atoms. The van der Waals surface area contributed by atoms with Crippen molar-refractivity contribution in [2.45, 2.75) is 6.42 Å². The van der Waals surface area contributed by atoms with E-state index in [-0.39, 0.29) is 51.5 Å². The number of phenolic OH excluding ortho intramolecular Hbond substituents is 5. The van der Waals surface area contributed by atoms with Crippen LogP contribution in [0.3, 0.4) is 0 Å². The number of carbonyl (C=O) groups is 2. The highest BCUT2D eigenvalue weighted by Gasteiger charge is 2.31. The Morgan fingerprint density at radius 2 is 0.952 bits per heavy atom. The lowest BCUT2D eigenvalue weighted by Gasteiger charge is -2.21. The number of rotatable bonds is 7. The second-order valence-corrected chi connectivity index (χ2v) is 9.27. The first kappa shape index (κ1) is 27.6. The molecule has 210 valence electrons. The van der Waals surface area contributed by atoms with Crippen LogP contribution in [0.4, 0.5) is 0 Å². The molecule has 0 saturated carbocycles. The van der Waals surface area contributed by atoms with Crippen LogP contribution in [0.2, 0.25) is 0 Å². The molecule has 42 heavy (non-hydrogen) atoms. The minimum Gasteiger partial charge on any atom is -0.508 e. The summed E-state index contributed by atoms with van der Waals surface area (Å²) < 4.78 is 11.3. The molecule has 0 aliphatic heterocycles. The van der Waals surface area contributed by atoms with Gasteiger partial charge in [-0.2, -0.15) is 0 Å². The maximum Gasteiger partial charge on any atom is 0.343 e. The summed E-state index contributed by atoms with van der Waals surface area (Å²) in [5, 5.41) is 52.5. The van der Waals surface area contributed by atoms with Crippen LogP contribution in [-0.4, -0.2) is 37.5 Å². The molecule has 0 amide bonds. The highest BCUT2D eigenvalue weighted by atomic mass is 16.6. The molecule has 0 fully saturated rings. The minimum absolute atomic E-state index is 0.0351. The highest BCUT2D eigenvalue weighted by molar-refractivity contribution is 5.98. The number of hydrogen-bond acceptors (Lipinski definition) is 9. The Morgan fingerprint density at radius 1 is 0.524 bits per heavy atom. The Morgan fingerprint density at radius 3 is 1.43 bits per heavy atom. The molecule has 0 saturated heterocycles. The van der Waals surface area contributed by atoms with Crippen LogP contribution in [0.5, 0.6) is 40.2 Å². The summed E-state index contributed by atoms with van der Waals surface area (Å²) in [5.41, 5.74) is 0.757. The van der Waals surface area contributed by atoms with Gasteiger partial charge in [-0.3, -0.25) is 4.79 Å². The molecule has 9 heteroatoms. The maximum atomic E-state index is 13.1. The monoisotopic (exact) mass is 564 g/mol. The maximum absolute atomic E-state index is 13.1. The first-order valence-corrected chi connectivity index (χ1v) is 12.7. The molecule has 0 bridgehead atoms. The number of hydrogen-bond donors (Lipinski definition) is 5. The van der Waals surface area contributed by atoms with E-state index in [2.05, 4.69) is 0 Å². The van der Waals surface area contributed by atoms with Crippen molar-refractivity contribution in [3.05, 3.63) is 114 Å². The number of phenols is 5. The average Bonchev–Trinajstić information content (AvgIpc) is 2.98. The number of carbonyl (C=O) groups excluding carboxylic acids is 2. The summed E-state index contributed by atoms with van der Waals surface area (Å²) >= 11 is 0. The van der Waals surface area contributed by atoms with Gasteiger partial charge in [0.05, 0.1) is 23.1 Å². The van der Waals surface area contributed by atoms with Gasteiger partial charge in [0.1, 0.15) is 17.2 Å². The molecule has 0 atom stereocenters. The van der Waals surface area contributed by atoms with Gasteiger partial charge in [0.25, 0.3) is 0 Å². The first-order chi connectivity index (χ1) is 20.2. The lowest BCUT2D eigenvalue weighted by atomic mass is 9.95. The van der Waals surface area contributed by atoms with E-state index in [0.29, 0.717) is 5.56 Å². The fourth-order valence-electron chi connectivity index (χ4n) is 4.33. The molecule has 0 aliphatic carbocycles. The van der Waals surface area contributed by atoms with Crippen LogP contribution in [-0.2, 0) is 11.2 Å². The van der Waals surface area contributed by atoms with Crippen molar-refractivity contribution in [1.82, 2.24) is 0 Å². The van der Waals surface area contributed by atoms with Crippen LogP contribution in [0.15, 0.2) is 103 Å². The van der Waals surface area contributed by atoms with Crippen molar-refractivity contribution in [2.24, 2.45) is 0 Å². The second-order valence-electron chi connectivity index (χ2n) is 9.27. The number of aromatic hydroxyl groups is 5. The molecule has 0 aromatic heterocycles. The fourth-order valence-corrected chi connectivity index (χ4v) is 4.33. The van der Waals surface area contributed by atoms with Gasteiger partial charge >= 0.3 is 11.9 Å². The summed E-state index contributed by atoms with van der Waals surface area (Å²) in [5.74, 6) is -4.05. The van der Waals surface area contributed by atoms with Crippen LogP contribution in [0.1, 0.15) is 15.9 Å². The smallest absolute Gasteiger partial charge is 0.343 e. The van der Waals surface area contributed by atoms with E-state index in [0.717, 1.165) is 0 Å². The van der Waals surface area contributed by atoms with E-state index < -0.39 is 34.9 Å². The van der Waals surface area contributed by atoms with E-state index in [4.69, 9.17) is 9.47 Å². The summed E-state index contributed by atoms with van der Waals surface area (Å²) in [6.45, 7) is 0. The molecule has 0 heterocycles. The van der Waals surface area contributed by atoms with Gasteiger partial charge in [-0.1, -0.05) is 54.6 Å². The van der Waals surface area contributed by atoms with Gasteiger partial charge in [-0.05, 0) is 65.2 Å². The van der Waals surface area contributed by atoms with Gasteiger partial charge in [0.15, 0.2) is 23.0 Å². The standard InChI is InChI=1S/C33H24O9/c34-23-12-6-20(7-13-23)27-30(39)32(42-33(40)22-10-16-25(36)17-11-22)28(21-8-14-24(35)15-9-21)29(38)31(27)41-26(37)18-19-4-2-1-3-5-19/h1-17,34-36,38-39H,18H2. The van der Waals surface area contributed by atoms with Gasteiger partial charge in [0.2, 0.25) is 0 Å². The Hall–Kier alpha value is -5.96. The predicted molar refractivity (Wildman–Crippen MR) is 153 cm³/mol. The van der Waals surface area contributed by atoms with E-state index >= 15 is 0 Å². The number of ether oxygens (including phenoxy) is 2. The van der Waals surface area contributed by atoms with Crippen molar-refractivity contribution >= 4 is 11.9 Å². The molecular weight excluding hydrogens is 540 g/mol. The number of benzene rings is 5. The fraction of sp³-hybridized carbons (Fsp3) is 0.0303. The Bertz CT molecular complexity index is 1740. The third-order valence-electron chi connectivity index (χ3n) is 6.37. The van der Waals surface area contributed by atoms with E-state index in [9.17, 15) is 35.1 Å². The lowest BCUT2D eigenvalue weighted by molar-refractivity contribution is -0.133. The normalized spacial score (nSPS) is 10.7. The van der Waals surface area contributed by atoms with E-state index in [1.807, 2.05) is 0 Å². The summed E-state index contributed by atoms with van der Waals surface area (Å²) in [7, 11) is 0. The van der Waals surface area contributed by atoms with Gasteiger partial charge in [0, 0.05) is 0 Å². The van der Waals surface area contributed by atoms with Crippen molar-refractivity contribution in [2.75, 3.05) is 0 Å². The average molecular weight is 565 g/mol. The summed E-state index contributed by atoms with van der Waals surface area (Å²) in [6, 6.07) is 25.0. The van der Waals surface area contributed by atoms with Gasteiger partial charge in [-0.15, -0.1) is 0 Å². The highest BCUT2D eigenvalue weighted by Crippen LogP contribution is 2.56. The van der Waals surface area contributed by atoms with Crippen LogP contribution >= 0.6 is 0 Å². The number of esters is 2. The zero-order valence-electron chi connectivity index (χ0n) is 21.9. The molecule has 9 nitrogen and oxygen atoms in total. The van der Waals surface area contributed by atoms with E-state index in [1.165, 1.54) is 72.8 Å². The van der Waals surface area contributed by atoms with Gasteiger partial charge in [-0.25, -0.2) is 4.79 Å². The van der Waals surface area contributed by atoms with Crippen molar-refractivity contribution in [1.29, 1.82) is 0 Å². The van der Waals surface area contributed by atoms with Crippen molar-refractivity contribution < 1.29 is 44.6 Å². The van der Waals surface area contributed by atoms with Crippen molar-refractivity contribution in [3.8, 4) is 62.5 Å². The predicted octanol–water partition coefficient (Wildman–Crippen LogP) is 5.92. The van der Waals surface area contributed by atoms with Crippen LogP contribution in [0, 0.1) is 0 Å². The molecule has 5 aromatic rings. The molecule has 5 aromatic carbocycles. The zero-order chi connectivity index (χ0) is 29.8. The molecular formula is C33H24O9. The minimum atomic E-state index is -0.921. The Balaban J connectivity index is 1.71. The molecule has 0 aliphatic rings. The quantitative estimate of drug-likeness (QED) is 0.0921. The molecule has 5 rings (SSSR count). The topological polar surface area (TPSA) is 154 Å². The van der Waals surface area contributed by atoms with Gasteiger partial charge < -0.3 is 35.0 Å². The second kappa shape index (κ2) is 11.6. The van der Waals surface area contributed by atoms with Crippen LogP contribution in [0.25, 0.3) is 22.3 Å². The zero-order valence-corrected chi connectivity index (χ0v) is 21.9. The Kier molecular flexibility index (Phi) is 7.65. The third-order valence-corrected chi connectivity index (χ3v) is 6.37. The SMILES string of the molecule is O=C(Cc1ccccc1)Oc1c(O)c(-c2ccc(O)cc2)c(OC(=O)c2ccc(O)cc2)c(O)c1-c1ccc(O)cc1. The summed E-state index contributed by atoms with van der Waals surface area (Å²) in [4.78, 5) is 26.2. The van der Waals surface area contributed by atoms with E-state index in [1.54, 1.807) is 30.3 Å². The van der Waals surface area contributed by atoms with Crippen LogP contribution < -0.4 is 9.47 Å². The Labute approximate surface area is 239 Å².